The molecule has 0 spiro atoms. The monoisotopic (exact) mass is 275 g/mol. The number of carboxylic acid groups (broad SMARTS) is 1. The van der Waals surface area contributed by atoms with Crippen LogP contribution in [-0.2, 0) is 16.1 Å². The quantitative estimate of drug-likeness (QED) is 0.912. The standard InChI is InChI=1S/C15H17NO4/c17-14(18)6-11-12-7-16(8-13(11)12)15(19)20-9-10-4-2-1-3-5-10/h1-5,11-13H,6-9H2,(H,17,18)/t11-,12-,13+. The number of nitrogens with zero attached hydrogens (tertiary/aromatic N) is 1. The third-order valence-electron chi connectivity index (χ3n) is 4.25. The highest BCUT2D eigenvalue weighted by atomic mass is 16.6. The lowest BCUT2D eigenvalue weighted by molar-refractivity contribution is -0.137. The molecular weight excluding hydrogens is 258 g/mol. The SMILES string of the molecule is O=C(O)C[C@@H]1[C@H]2CN(C(=O)OCc3ccccc3)C[C@@H]12. The molecule has 0 bridgehead atoms. The van der Waals surface area contributed by atoms with Crippen molar-refractivity contribution in [1.29, 1.82) is 0 Å². The summed E-state index contributed by atoms with van der Waals surface area (Å²) < 4.78 is 5.27. The van der Waals surface area contributed by atoms with Crippen molar-refractivity contribution in [3.63, 3.8) is 0 Å². The van der Waals surface area contributed by atoms with Crippen LogP contribution in [0.4, 0.5) is 4.79 Å². The van der Waals surface area contributed by atoms with Crippen LogP contribution in [-0.4, -0.2) is 35.2 Å². The van der Waals surface area contributed by atoms with Gasteiger partial charge in [-0.25, -0.2) is 4.79 Å². The van der Waals surface area contributed by atoms with E-state index >= 15 is 0 Å². The van der Waals surface area contributed by atoms with Gasteiger partial charge in [0, 0.05) is 19.5 Å². The van der Waals surface area contributed by atoms with Crippen molar-refractivity contribution in [2.24, 2.45) is 17.8 Å². The van der Waals surface area contributed by atoms with Gasteiger partial charge in [-0.15, -0.1) is 0 Å². The summed E-state index contributed by atoms with van der Waals surface area (Å²) >= 11 is 0. The molecule has 1 aromatic carbocycles. The van der Waals surface area contributed by atoms with Crippen LogP contribution in [0.25, 0.3) is 0 Å². The highest BCUT2D eigenvalue weighted by molar-refractivity contribution is 5.70. The molecule has 2 aliphatic rings. The van der Waals surface area contributed by atoms with Crippen LogP contribution in [0.5, 0.6) is 0 Å². The molecule has 20 heavy (non-hydrogen) atoms. The lowest BCUT2D eigenvalue weighted by Crippen LogP contribution is -2.32. The zero-order valence-corrected chi connectivity index (χ0v) is 11.1. The molecule has 106 valence electrons. The summed E-state index contributed by atoms with van der Waals surface area (Å²) in [5, 5.41) is 8.76. The molecule has 1 aliphatic carbocycles. The minimum absolute atomic E-state index is 0.224. The molecule has 1 aromatic rings. The Bertz CT molecular complexity index is 504. The Morgan fingerprint density at radius 3 is 2.45 bits per heavy atom. The fraction of sp³-hybridized carbons (Fsp3) is 0.467. The van der Waals surface area contributed by atoms with Crippen LogP contribution in [0.1, 0.15) is 12.0 Å². The Kier molecular flexibility index (Phi) is 3.34. The van der Waals surface area contributed by atoms with Crippen LogP contribution in [0.15, 0.2) is 30.3 Å². The number of rotatable bonds is 4. The molecule has 1 saturated heterocycles. The number of benzene rings is 1. The average Bonchev–Trinajstić information content (AvgIpc) is 2.89. The van der Waals surface area contributed by atoms with Crippen molar-refractivity contribution in [1.82, 2.24) is 4.90 Å². The van der Waals surface area contributed by atoms with Gasteiger partial charge in [0.1, 0.15) is 6.61 Å². The smallest absolute Gasteiger partial charge is 0.410 e. The zero-order valence-electron chi connectivity index (χ0n) is 11.1. The lowest BCUT2D eigenvalue weighted by atomic mass is 10.2. The highest BCUT2D eigenvalue weighted by Crippen LogP contribution is 2.53. The predicted octanol–water partition coefficient (Wildman–Crippen LogP) is 1.98. The van der Waals surface area contributed by atoms with Gasteiger partial charge in [0.2, 0.25) is 0 Å². The van der Waals surface area contributed by atoms with Gasteiger partial charge in [0.05, 0.1) is 0 Å². The molecule has 0 aromatic heterocycles. The number of fused-ring (bicyclic) bond motifs is 1. The van der Waals surface area contributed by atoms with E-state index in [9.17, 15) is 9.59 Å². The molecule has 0 unspecified atom stereocenters. The largest absolute Gasteiger partial charge is 0.481 e. The summed E-state index contributed by atoms with van der Waals surface area (Å²) in [6, 6.07) is 9.56. The van der Waals surface area contributed by atoms with Crippen molar-refractivity contribution >= 4 is 12.1 Å². The third kappa shape index (κ3) is 2.61. The number of hydrogen-bond acceptors (Lipinski definition) is 3. The number of ether oxygens (including phenoxy) is 1. The molecule has 1 saturated carbocycles. The van der Waals surface area contributed by atoms with E-state index in [4.69, 9.17) is 9.84 Å². The maximum Gasteiger partial charge on any atom is 0.410 e. The highest BCUT2D eigenvalue weighted by Gasteiger charge is 2.57. The Balaban J connectivity index is 1.44. The first-order chi connectivity index (χ1) is 9.65. The first-order valence-electron chi connectivity index (χ1n) is 6.82. The third-order valence-corrected chi connectivity index (χ3v) is 4.25. The number of amides is 1. The summed E-state index contributed by atoms with van der Waals surface area (Å²) in [4.78, 5) is 24.2. The molecule has 5 nitrogen and oxygen atoms in total. The fourth-order valence-corrected chi connectivity index (χ4v) is 3.11. The summed E-state index contributed by atoms with van der Waals surface area (Å²) in [7, 11) is 0. The molecule has 5 heteroatoms. The number of piperidine rings is 1. The summed E-state index contributed by atoms with van der Waals surface area (Å²) in [5.41, 5.74) is 0.967. The van der Waals surface area contributed by atoms with E-state index in [1.165, 1.54) is 0 Å². The van der Waals surface area contributed by atoms with Gasteiger partial charge < -0.3 is 14.7 Å². The molecular formula is C15H17NO4. The van der Waals surface area contributed by atoms with Gasteiger partial charge >= 0.3 is 12.1 Å². The van der Waals surface area contributed by atoms with Crippen molar-refractivity contribution in [2.45, 2.75) is 13.0 Å². The van der Waals surface area contributed by atoms with Crippen molar-refractivity contribution in [3.05, 3.63) is 35.9 Å². The van der Waals surface area contributed by atoms with Crippen LogP contribution in [0, 0.1) is 17.8 Å². The second-order valence-electron chi connectivity index (χ2n) is 5.53. The normalized spacial score (nSPS) is 27.0. The summed E-state index contributed by atoms with van der Waals surface area (Å²) in [5.74, 6) is 0.221. The molecule has 2 fully saturated rings. The maximum absolute atomic E-state index is 11.9. The number of carbonyl (C=O) groups excluding carboxylic acids is 1. The van der Waals surface area contributed by atoms with E-state index in [2.05, 4.69) is 0 Å². The second-order valence-corrected chi connectivity index (χ2v) is 5.53. The lowest BCUT2D eigenvalue weighted by Gasteiger charge is -2.19. The summed E-state index contributed by atoms with van der Waals surface area (Å²) in [6.07, 6.45) is -0.0717. The zero-order chi connectivity index (χ0) is 14.1. The van der Waals surface area contributed by atoms with E-state index in [0.717, 1.165) is 5.56 Å². The van der Waals surface area contributed by atoms with Gasteiger partial charge in [0.25, 0.3) is 0 Å². The van der Waals surface area contributed by atoms with Gasteiger partial charge in [0.15, 0.2) is 0 Å². The first kappa shape index (κ1) is 13.0. The van der Waals surface area contributed by atoms with Gasteiger partial charge in [-0.1, -0.05) is 30.3 Å². The fourth-order valence-electron chi connectivity index (χ4n) is 3.11. The molecule has 1 amide bonds. The second kappa shape index (κ2) is 5.15. The van der Waals surface area contributed by atoms with Crippen LogP contribution >= 0.6 is 0 Å². The van der Waals surface area contributed by atoms with Crippen LogP contribution in [0.2, 0.25) is 0 Å². The Morgan fingerprint density at radius 2 is 1.85 bits per heavy atom. The number of carbonyl (C=O) groups is 2. The topological polar surface area (TPSA) is 66.8 Å². The van der Waals surface area contributed by atoms with E-state index in [1.807, 2.05) is 30.3 Å². The van der Waals surface area contributed by atoms with Crippen LogP contribution < -0.4 is 0 Å². The molecule has 1 N–H and O–H groups in total. The van der Waals surface area contributed by atoms with E-state index in [-0.39, 0.29) is 25.0 Å². The number of hydrogen-bond donors (Lipinski definition) is 1. The van der Waals surface area contributed by atoms with E-state index in [0.29, 0.717) is 24.9 Å². The maximum atomic E-state index is 11.9. The van der Waals surface area contributed by atoms with Gasteiger partial charge in [-0.2, -0.15) is 0 Å². The molecule has 0 radical (unpaired) electrons. The van der Waals surface area contributed by atoms with Crippen molar-refractivity contribution < 1.29 is 19.4 Å². The number of carboxylic acids is 1. The van der Waals surface area contributed by atoms with E-state index in [1.54, 1.807) is 4.90 Å². The minimum Gasteiger partial charge on any atom is -0.481 e. The molecule has 3 atom stereocenters. The van der Waals surface area contributed by atoms with Crippen molar-refractivity contribution in [3.8, 4) is 0 Å². The average molecular weight is 275 g/mol. The Morgan fingerprint density at radius 1 is 1.20 bits per heavy atom. The summed E-state index contributed by atoms with van der Waals surface area (Å²) in [6.45, 7) is 1.55. The van der Waals surface area contributed by atoms with Crippen LogP contribution in [0.3, 0.4) is 0 Å². The molecule has 1 heterocycles. The van der Waals surface area contributed by atoms with E-state index < -0.39 is 5.97 Å². The first-order valence-corrected chi connectivity index (χ1v) is 6.82. The van der Waals surface area contributed by atoms with Gasteiger partial charge in [-0.05, 0) is 23.3 Å². The Hall–Kier alpha value is -2.04. The predicted molar refractivity (Wildman–Crippen MR) is 70.9 cm³/mol. The Labute approximate surface area is 117 Å². The number of aliphatic carboxylic acids is 1. The molecule has 1 aliphatic heterocycles. The number of likely N-dealkylation sites (tertiary alicyclic amines) is 1. The van der Waals surface area contributed by atoms with Crippen molar-refractivity contribution in [2.75, 3.05) is 13.1 Å². The minimum atomic E-state index is -0.748. The molecule has 3 rings (SSSR count). The van der Waals surface area contributed by atoms with Gasteiger partial charge in [-0.3, -0.25) is 4.79 Å².